The van der Waals surface area contributed by atoms with Crippen LogP contribution in [0.5, 0.6) is 0 Å². The van der Waals surface area contributed by atoms with Crippen molar-refractivity contribution in [2.45, 2.75) is 6.10 Å². The molecule has 1 unspecified atom stereocenters. The monoisotopic (exact) mass is 336 g/mol. The van der Waals surface area contributed by atoms with Crippen molar-refractivity contribution >= 4 is 40.7 Å². The van der Waals surface area contributed by atoms with E-state index in [1.165, 1.54) is 18.2 Å². The van der Waals surface area contributed by atoms with Gasteiger partial charge in [-0.1, -0.05) is 29.3 Å². The topological polar surface area (TPSA) is 79.5 Å². The van der Waals surface area contributed by atoms with E-state index in [0.29, 0.717) is 21.3 Å². The third-order valence-electron chi connectivity index (χ3n) is 3.00. The molecule has 0 radical (unpaired) electrons. The van der Waals surface area contributed by atoms with Crippen LogP contribution in [0.1, 0.15) is 11.7 Å². The van der Waals surface area contributed by atoms with Crippen LogP contribution in [0.4, 0.5) is 5.95 Å². The van der Waals surface area contributed by atoms with Gasteiger partial charge in [-0.3, -0.25) is 14.5 Å². The van der Waals surface area contributed by atoms with Crippen LogP contribution in [0.15, 0.2) is 42.6 Å². The van der Waals surface area contributed by atoms with Gasteiger partial charge in [-0.05, 0) is 35.9 Å². The van der Waals surface area contributed by atoms with Crippen molar-refractivity contribution in [3.63, 3.8) is 0 Å². The maximum Gasteiger partial charge on any atom is 0.260 e. The van der Waals surface area contributed by atoms with Crippen LogP contribution in [0, 0.1) is 0 Å². The Bertz CT molecular complexity index is 829. The second-order valence-corrected chi connectivity index (χ2v) is 5.42. The van der Waals surface area contributed by atoms with Gasteiger partial charge in [0.1, 0.15) is 0 Å². The van der Waals surface area contributed by atoms with Gasteiger partial charge in [0.2, 0.25) is 5.95 Å². The molecule has 1 amide bonds. The van der Waals surface area contributed by atoms with Crippen molar-refractivity contribution in [1.29, 1.82) is 0 Å². The molecule has 1 aromatic carbocycles. The fourth-order valence-corrected chi connectivity index (χ4v) is 2.53. The van der Waals surface area contributed by atoms with Crippen molar-refractivity contribution in [1.82, 2.24) is 14.6 Å². The van der Waals surface area contributed by atoms with Crippen molar-refractivity contribution in [2.75, 3.05) is 5.32 Å². The third kappa shape index (κ3) is 2.89. The number of aliphatic hydroxyl groups is 1. The van der Waals surface area contributed by atoms with E-state index in [1.54, 1.807) is 28.8 Å². The van der Waals surface area contributed by atoms with Crippen LogP contribution in [0.2, 0.25) is 10.0 Å². The van der Waals surface area contributed by atoms with Crippen LogP contribution in [-0.2, 0) is 4.79 Å². The van der Waals surface area contributed by atoms with Crippen LogP contribution in [-0.4, -0.2) is 25.6 Å². The molecule has 2 heterocycles. The molecule has 3 rings (SSSR count). The number of hydrogen-bond donors (Lipinski definition) is 2. The van der Waals surface area contributed by atoms with E-state index in [9.17, 15) is 9.90 Å². The molecule has 3 aromatic rings. The van der Waals surface area contributed by atoms with E-state index in [1.807, 2.05) is 0 Å². The molecule has 0 aliphatic heterocycles. The fraction of sp³-hybridized carbons (Fsp3) is 0.0714. The molecule has 2 N–H and O–H groups in total. The first kappa shape index (κ1) is 14.8. The zero-order valence-corrected chi connectivity index (χ0v) is 12.6. The number of carbonyl (C=O) groups excluding carboxylic acids is 1. The Balaban J connectivity index is 1.84. The summed E-state index contributed by atoms with van der Waals surface area (Å²) in [5, 5.41) is 21.1. The molecule has 22 heavy (non-hydrogen) atoms. The number of halogens is 2. The Morgan fingerprint density at radius 3 is 2.64 bits per heavy atom. The van der Waals surface area contributed by atoms with Crippen molar-refractivity contribution in [2.24, 2.45) is 0 Å². The van der Waals surface area contributed by atoms with Crippen LogP contribution in [0.25, 0.3) is 5.65 Å². The molecule has 0 saturated carbocycles. The predicted octanol–water partition coefficient (Wildman–Crippen LogP) is 2.71. The van der Waals surface area contributed by atoms with Crippen LogP contribution >= 0.6 is 23.2 Å². The lowest BCUT2D eigenvalue weighted by molar-refractivity contribution is -0.124. The maximum atomic E-state index is 12.1. The number of anilines is 1. The first-order valence-corrected chi connectivity index (χ1v) is 7.05. The van der Waals surface area contributed by atoms with Gasteiger partial charge in [-0.25, -0.2) is 0 Å². The van der Waals surface area contributed by atoms with E-state index in [-0.39, 0.29) is 5.95 Å². The van der Waals surface area contributed by atoms with E-state index < -0.39 is 12.0 Å². The van der Waals surface area contributed by atoms with E-state index in [4.69, 9.17) is 23.2 Å². The molecule has 6 nitrogen and oxygen atoms in total. The van der Waals surface area contributed by atoms with Gasteiger partial charge in [0, 0.05) is 16.2 Å². The highest BCUT2D eigenvalue weighted by Crippen LogP contribution is 2.24. The summed E-state index contributed by atoms with van der Waals surface area (Å²) in [5.41, 5.74) is 0.877. The molecule has 0 aliphatic carbocycles. The molecule has 0 saturated heterocycles. The zero-order valence-electron chi connectivity index (χ0n) is 11.1. The lowest BCUT2D eigenvalue weighted by Crippen LogP contribution is -2.22. The standard InChI is InChI=1S/C14H10Cl2N4O2/c15-9-5-8(6-10(16)7-9)12(21)13(22)17-14-19-18-11-3-1-2-4-20(11)14/h1-7,12,21H,(H,17,19,22). The smallest absolute Gasteiger partial charge is 0.260 e. The summed E-state index contributed by atoms with van der Waals surface area (Å²) in [5.74, 6) is -0.440. The summed E-state index contributed by atoms with van der Waals surface area (Å²) < 4.78 is 1.59. The predicted molar refractivity (Wildman–Crippen MR) is 83.0 cm³/mol. The number of fused-ring (bicyclic) bond motifs is 1. The Hall–Kier alpha value is -2.15. The van der Waals surface area contributed by atoms with E-state index >= 15 is 0 Å². The summed E-state index contributed by atoms with van der Waals surface area (Å²) in [7, 11) is 0. The molecular weight excluding hydrogens is 327 g/mol. The van der Waals surface area contributed by atoms with Gasteiger partial charge in [-0.15, -0.1) is 10.2 Å². The summed E-state index contributed by atoms with van der Waals surface area (Å²) in [4.78, 5) is 12.1. The van der Waals surface area contributed by atoms with Crippen LogP contribution in [0.3, 0.4) is 0 Å². The fourth-order valence-electron chi connectivity index (χ4n) is 1.99. The first-order chi connectivity index (χ1) is 10.5. The van der Waals surface area contributed by atoms with Gasteiger partial charge in [0.15, 0.2) is 11.8 Å². The minimum absolute atomic E-state index is 0.216. The minimum atomic E-state index is -1.42. The quantitative estimate of drug-likeness (QED) is 0.770. The number of pyridine rings is 1. The van der Waals surface area contributed by atoms with Crippen molar-refractivity contribution in [3.05, 3.63) is 58.2 Å². The summed E-state index contributed by atoms with van der Waals surface area (Å²) >= 11 is 11.7. The molecule has 0 spiro atoms. The average Bonchev–Trinajstić information content (AvgIpc) is 2.89. The Morgan fingerprint density at radius 1 is 1.18 bits per heavy atom. The van der Waals surface area contributed by atoms with Gasteiger partial charge in [0.05, 0.1) is 0 Å². The maximum absolute atomic E-state index is 12.1. The summed E-state index contributed by atoms with van der Waals surface area (Å²) in [6.07, 6.45) is 0.278. The molecule has 112 valence electrons. The Labute approximate surface area is 135 Å². The van der Waals surface area contributed by atoms with Gasteiger partial charge >= 0.3 is 0 Å². The minimum Gasteiger partial charge on any atom is -0.378 e. The highest BCUT2D eigenvalue weighted by Gasteiger charge is 2.20. The van der Waals surface area contributed by atoms with E-state index in [0.717, 1.165) is 0 Å². The number of hydrogen-bond acceptors (Lipinski definition) is 4. The average molecular weight is 337 g/mol. The summed E-state index contributed by atoms with van der Waals surface area (Å²) in [6, 6.07) is 9.79. The SMILES string of the molecule is O=C(Nc1nnc2ccccn12)C(O)c1cc(Cl)cc(Cl)c1. The normalized spacial score (nSPS) is 12.3. The molecule has 2 aromatic heterocycles. The van der Waals surface area contributed by atoms with Crippen molar-refractivity contribution < 1.29 is 9.90 Å². The van der Waals surface area contributed by atoms with Gasteiger partial charge in [-0.2, -0.15) is 0 Å². The number of benzene rings is 1. The largest absolute Gasteiger partial charge is 0.378 e. The Morgan fingerprint density at radius 2 is 1.91 bits per heavy atom. The van der Waals surface area contributed by atoms with Crippen LogP contribution < -0.4 is 5.32 Å². The van der Waals surface area contributed by atoms with Gasteiger partial charge in [0.25, 0.3) is 5.91 Å². The summed E-state index contributed by atoms with van der Waals surface area (Å²) in [6.45, 7) is 0. The lowest BCUT2D eigenvalue weighted by atomic mass is 10.1. The second kappa shape index (κ2) is 5.92. The zero-order chi connectivity index (χ0) is 15.7. The highest BCUT2D eigenvalue weighted by molar-refractivity contribution is 6.34. The number of rotatable bonds is 3. The molecular formula is C14H10Cl2N4O2. The number of nitrogens with zero attached hydrogens (tertiary/aromatic N) is 3. The number of nitrogens with one attached hydrogen (secondary N) is 1. The highest BCUT2D eigenvalue weighted by atomic mass is 35.5. The van der Waals surface area contributed by atoms with Crippen molar-refractivity contribution in [3.8, 4) is 0 Å². The number of aliphatic hydroxyl groups excluding tert-OH is 1. The first-order valence-electron chi connectivity index (χ1n) is 6.29. The number of carbonyl (C=O) groups is 1. The third-order valence-corrected chi connectivity index (χ3v) is 3.43. The van der Waals surface area contributed by atoms with Gasteiger partial charge < -0.3 is 5.11 Å². The lowest BCUT2D eigenvalue weighted by Gasteiger charge is -2.11. The molecule has 0 bridgehead atoms. The number of aromatic nitrogens is 3. The Kier molecular flexibility index (Phi) is 3.98. The number of amides is 1. The molecule has 0 fully saturated rings. The van der Waals surface area contributed by atoms with E-state index in [2.05, 4.69) is 15.5 Å². The molecule has 8 heteroatoms. The second-order valence-electron chi connectivity index (χ2n) is 4.55. The molecule has 0 aliphatic rings. The molecule has 1 atom stereocenters.